The number of aromatic nitrogens is 8. The number of hydrogen-bond acceptors (Lipinski definition) is 15. The third-order valence-corrected chi connectivity index (χ3v) is 19.5. The van der Waals surface area contributed by atoms with Gasteiger partial charge >= 0.3 is 21.0 Å². The molecule has 0 fully saturated rings. The first-order valence-electron chi connectivity index (χ1n) is 33.7. The van der Waals surface area contributed by atoms with Crippen LogP contribution < -0.4 is 47.9 Å². The maximum atomic E-state index is 8.19. The molecular formula is C72H88Cl8N8O9V. The van der Waals surface area contributed by atoms with E-state index in [2.05, 4.69) is 111 Å². The molecule has 26 heteroatoms. The molecule has 3 aromatic heterocycles. The molecule has 4 aromatic carbocycles. The summed E-state index contributed by atoms with van der Waals surface area (Å²) in [5.74, 6) is 3.43. The van der Waals surface area contributed by atoms with Gasteiger partial charge in [0.05, 0.1) is 98.4 Å². The van der Waals surface area contributed by atoms with Gasteiger partial charge in [0.2, 0.25) is 0 Å². The van der Waals surface area contributed by atoms with Gasteiger partial charge in [0.1, 0.15) is 86.2 Å². The molecule has 9 rings (SSSR count). The van der Waals surface area contributed by atoms with Crippen LogP contribution in [0.3, 0.4) is 0 Å². The van der Waals surface area contributed by atoms with Crippen LogP contribution in [0.5, 0.6) is 46.0 Å². The number of nitrogens with zero attached hydrogens (tertiary/aromatic N) is 8. The fourth-order valence-electron chi connectivity index (χ4n) is 10.4. The van der Waals surface area contributed by atoms with Gasteiger partial charge in [-0.05, 0) is 98.7 Å². The van der Waals surface area contributed by atoms with Crippen LogP contribution in [0.15, 0.2) is 0 Å². The Morgan fingerprint density at radius 2 is 0.398 bits per heavy atom. The zero-order valence-corrected chi connectivity index (χ0v) is 66.1. The third kappa shape index (κ3) is 18.0. The first kappa shape index (κ1) is 79.1. The molecular weight excluding hydrogens is 1460 g/mol. The minimum absolute atomic E-state index is 0.0349. The summed E-state index contributed by atoms with van der Waals surface area (Å²) in [6.45, 7) is 35.5. The van der Waals surface area contributed by atoms with Gasteiger partial charge in [-0.3, -0.25) is 0 Å². The van der Waals surface area contributed by atoms with Gasteiger partial charge in [-0.25, -0.2) is 9.97 Å². The summed E-state index contributed by atoms with van der Waals surface area (Å²) in [4.78, 5) is 43.4. The van der Waals surface area contributed by atoms with Gasteiger partial charge in [-0.15, -0.1) is 0 Å². The Hall–Kier alpha value is -4.66. The van der Waals surface area contributed by atoms with Crippen molar-refractivity contribution in [1.29, 1.82) is 0 Å². The fourth-order valence-corrected chi connectivity index (χ4v) is 12.3. The van der Waals surface area contributed by atoms with Crippen LogP contribution in [0, 0.1) is 47.3 Å². The van der Waals surface area contributed by atoms with Crippen molar-refractivity contribution >= 4 is 137 Å². The normalized spacial score (nSPS) is 12.1. The van der Waals surface area contributed by atoms with E-state index in [1.165, 1.54) is 0 Å². The molecule has 0 spiro atoms. The van der Waals surface area contributed by atoms with Crippen LogP contribution in [0.2, 0.25) is 40.2 Å². The van der Waals surface area contributed by atoms with Gasteiger partial charge in [0, 0.05) is 44.1 Å². The summed E-state index contributed by atoms with van der Waals surface area (Å²) in [5.41, 5.74) is 1.31. The van der Waals surface area contributed by atoms with E-state index in [1.807, 2.05) is 0 Å². The van der Waals surface area contributed by atoms with Gasteiger partial charge in [0.25, 0.3) is 0 Å². The Balaban J connectivity index is 0.00000607. The summed E-state index contributed by atoms with van der Waals surface area (Å²) in [7, 11) is 0. The number of benzene rings is 4. The van der Waals surface area contributed by atoms with Gasteiger partial charge in [0.15, 0.2) is 0 Å². The second-order valence-electron chi connectivity index (χ2n) is 27.9. The quantitative estimate of drug-likeness (QED) is 0.0385. The van der Waals surface area contributed by atoms with Crippen molar-refractivity contribution in [3.63, 3.8) is 0 Å². The predicted octanol–water partition coefficient (Wildman–Crippen LogP) is 22.6. The molecule has 531 valence electrons. The Bertz CT molecular complexity index is 3670. The minimum atomic E-state index is 0.0349. The summed E-state index contributed by atoms with van der Waals surface area (Å²) < 4.78 is 62.6. The second-order valence-corrected chi connectivity index (χ2v) is 30.9. The number of fused-ring (bicyclic) bond motifs is 20. The van der Waals surface area contributed by atoms with E-state index in [-0.39, 0.29) is 232 Å². The molecule has 0 atom stereocenters. The number of hydrogen-bond donors (Lipinski definition) is 0. The summed E-state index contributed by atoms with van der Waals surface area (Å²) in [5, 5.41) is 1.65. The van der Waals surface area contributed by atoms with Gasteiger partial charge < -0.3 is 67.8 Å². The molecule has 0 unspecified atom stereocenters. The van der Waals surface area contributed by atoms with Crippen molar-refractivity contribution in [3.05, 3.63) is 40.2 Å². The molecule has 98 heavy (non-hydrogen) atoms. The first-order chi connectivity index (χ1) is 46.6. The summed E-state index contributed by atoms with van der Waals surface area (Å²) in [6, 6.07) is 0. The van der Waals surface area contributed by atoms with E-state index in [1.54, 1.807) is 0 Å². The monoisotopic (exact) mass is 1540 g/mol. The molecule has 0 saturated heterocycles. The van der Waals surface area contributed by atoms with E-state index in [0.717, 1.165) is 17.4 Å². The van der Waals surface area contributed by atoms with Crippen molar-refractivity contribution in [2.24, 2.45) is 47.3 Å². The van der Waals surface area contributed by atoms with Crippen molar-refractivity contribution < 1.29 is 58.9 Å². The van der Waals surface area contributed by atoms with Crippen LogP contribution >= 0.6 is 92.8 Å². The second kappa shape index (κ2) is 35.5. The van der Waals surface area contributed by atoms with Crippen LogP contribution in [0.1, 0.15) is 162 Å². The molecule has 0 amide bonds. The van der Waals surface area contributed by atoms with Crippen molar-refractivity contribution in [3.8, 4) is 91.5 Å². The molecule has 7 aromatic rings. The molecule has 0 aliphatic carbocycles. The number of halogens is 8. The molecule has 2 aliphatic rings. The topological polar surface area (TPSA) is 196 Å². The zero-order chi connectivity index (χ0) is 71.7. The first-order valence-corrected chi connectivity index (χ1v) is 37.3. The maximum absolute atomic E-state index is 8.19. The van der Waals surface area contributed by atoms with Gasteiger partial charge in [-0.2, -0.15) is 0 Å². The van der Waals surface area contributed by atoms with E-state index in [4.69, 9.17) is 174 Å². The van der Waals surface area contributed by atoms with Crippen molar-refractivity contribution in [2.45, 2.75) is 162 Å². The zero-order valence-electron chi connectivity index (χ0n) is 58.7. The molecule has 17 nitrogen and oxygen atoms in total. The van der Waals surface area contributed by atoms with E-state index in [9.17, 15) is 0 Å². The third-order valence-electron chi connectivity index (χ3n) is 16.2. The summed E-state index contributed by atoms with van der Waals surface area (Å²) >= 11 is 61.1. The van der Waals surface area contributed by atoms with Gasteiger partial charge in [-0.1, -0.05) is 204 Å². The van der Waals surface area contributed by atoms with Crippen LogP contribution in [-0.2, 0) is 21.0 Å². The summed E-state index contributed by atoms with van der Waals surface area (Å²) in [6.07, 6.45) is 5.19. The van der Waals surface area contributed by atoms with E-state index < -0.39 is 0 Å². The van der Waals surface area contributed by atoms with Crippen LogP contribution in [0.25, 0.3) is 89.7 Å². The average molecular weight is 1540 g/mol. The average Bonchev–Trinajstić information content (AvgIpc) is 1.56. The molecule has 8 bridgehead atoms. The SMILES string of the molecule is CC(C)CCOc1c(Cl)c(Cl)c(OCCC(C)C)c2c1-c1nc-2nc2[n-]c(nc3nc(nc4[n-]c(n1)c1c(OCCC(C)C)c(Cl)c(Cl)c(OCCC(C)C)c41)-c1c(OCCC(C)C)c(Cl)c(Cl)c(OCCC(C)C)c1-3)c1c(OCCC(C)C)c(Cl)c(Cl)c(OCCC(C)C)c21.[O]=[V+2]. The van der Waals surface area contributed by atoms with Crippen LogP contribution in [0.4, 0.5) is 0 Å². The Morgan fingerprint density at radius 1 is 0.255 bits per heavy atom. The molecule has 2 aliphatic heterocycles. The van der Waals surface area contributed by atoms with Crippen LogP contribution in [-0.4, -0.2) is 82.8 Å². The fraction of sp³-hybridized carbons (Fsp3) is 0.556. The van der Waals surface area contributed by atoms with E-state index in [0.29, 0.717) is 95.2 Å². The predicted molar refractivity (Wildman–Crippen MR) is 394 cm³/mol. The standard InChI is InChI=1S/C72H88Cl8N8O8.O.V/c1-33(2)17-25-89-57-41-42(58(50(74)49(57)73)90-26-18-34(3)4)66-81-65(41)85-67-43-44(60(92-28-20-36(7)8)52(76)51(75)59(43)91-27-19-35(5)6)69(82-67)87-71-47-48(64(96-32-24-40(15)16)56(80)55(79)63(47)95-31-23-39(13)14)72(84-71)88-70-46-45(68(83-70)86-66)61(93-29-21-37(9)10)53(77)54(78)62(46)94-30-22-38(11)12;;/h33-40H,17-32H2,1-16H3;;/q-2;;+2. The Labute approximate surface area is 625 Å². The molecule has 0 saturated carbocycles. The molecule has 0 radical (unpaired) electrons. The Morgan fingerprint density at radius 3 is 0.551 bits per heavy atom. The number of ether oxygens (including phenoxy) is 8. The van der Waals surface area contributed by atoms with E-state index >= 15 is 0 Å². The molecule has 5 heterocycles. The number of rotatable bonds is 32. The van der Waals surface area contributed by atoms with Crippen molar-refractivity contribution in [2.75, 3.05) is 52.9 Å². The Kier molecular flexibility index (Phi) is 28.6. The van der Waals surface area contributed by atoms with Crippen molar-refractivity contribution in [1.82, 2.24) is 39.9 Å². The molecule has 0 N–H and O–H groups in total.